The van der Waals surface area contributed by atoms with Crippen LogP contribution in [0.5, 0.6) is 0 Å². The van der Waals surface area contributed by atoms with E-state index in [0.717, 1.165) is 25.7 Å². The van der Waals surface area contributed by atoms with Crippen LogP contribution in [0.25, 0.3) is 0 Å². The fraction of sp³-hybridized carbons (Fsp3) is 0.636. The second kappa shape index (κ2) is 5.06. The number of hydrogen-bond acceptors (Lipinski definition) is 4. The van der Waals surface area contributed by atoms with Crippen molar-refractivity contribution >= 4 is 21.4 Å². The molecule has 4 nitrogen and oxygen atoms in total. The molecule has 0 unspecified atom stereocenters. The predicted octanol–water partition coefficient (Wildman–Crippen LogP) is 1.80. The minimum absolute atomic E-state index is 0.117. The normalized spacial score (nSPS) is 18.1. The molecule has 1 aliphatic rings. The molecule has 0 aromatic carbocycles. The molecule has 1 fully saturated rings. The Kier molecular flexibility index (Phi) is 3.87. The molecule has 0 saturated heterocycles. The molecule has 1 aromatic rings. The Morgan fingerprint density at radius 1 is 1.47 bits per heavy atom. The lowest BCUT2D eigenvalue weighted by Crippen LogP contribution is -2.35. The molecule has 0 spiro atoms. The lowest BCUT2D eigenvalue weighted by Gasteiger charge is -2.23. The van der Waals surface area contributed by atoms with E-state index >= 15 is 0 Å². The van der Waals surface area contributed by atoms with Crippen molar-refractivity contribution in [2.75, 3.05) is 7.05 Å². The second-order valence-corrected chi connectivity index (χ2v) is 7.29. The first-order valence-corrected chi connectivity index (χ1v) is 8.04. The van der Waals surface area contributed by atoms with E-state index in [9.17, 15) is 8.42 Å². The molecule has 1 aliphatic carbocycles. The Labute approximate surface area is 106 Å². The van der Waals surface area contributed by atoms with Crippen molar-refractivity contribution in [2.45, 2.75) is 43.2 Å². The Morgan fingerprint density at radius 2 is 2.12 bits per heavy atom. The summed E-state index contributed by atoms with van der Waals surface area (Å²) in [5, 5.41) is 10.9. The molecule has 1 saturated carbocycles. The van der Waals surface area contributed by atoms with E-state index in [1.165, 1.54) is 15.6 Å². The first-order valence-electron chi connectivity index (χ1n) is 5.72. The zero-order chi connectivity index (χ0) is 12.5. The van der Waals surface area contributed by atoms with Crippen molar-refractivity contribution in [1.29, 1.82) is 0 Å². The van der Waals surface area contributed by atoms with Gasteiger partial charge in [-0.1, -0.05) is 12.8 Å². The smallest absolute Gasteiger partial charge is 0.244 e. The van der Waals surface area contributed by atoms with Gasteiger partial charge in [0.1, 0.15) is 0 Å². The topological polar surface area (TPSA) is 57.6 Å². The third-order valence-corrected chi connectivity index (χ3v) is 6.37. The SMILES string of the molecule is CN(C1CCCC1)S(=O)(=O)c1ccsc1CO. The first kappa shape index (κ1) is 13.0. The Balaban J connectivity index is 2.29. The molecule has 0 radical (unpaired) electrons. The van der Waals surface area contributed by atoms with Gasteiger partial charge in [-0.05, 0) is 24.3 Å². The van der Waals surface area contributed by atoms with Gasteiger partial charge in [-0.2, -0.15) is 4.31 Å². The van der Waals surface area contributed by atoms with Crippen LogP contribution in [0.4, 0.5) is 0 Å². The fourth-order valence-corrected chi connectivity index (χ4v) is 4.97. The largest absolute Gasteiger partial charge is 0.391 e. The summed E-state index contributed by atoms with van der Waals surface area (Å²) in [6, 6.07) is 1.70. The molecule has 2 rings (SSSR count). The second-order valence-electron chi connectivity index (χ2n) is 4.33. The van der Waals surface area contributed by atoms with Gasteiger partial charge in [0, 0.05) is 18.0 Å². The summed E-state index contributed by atoms with van der Waals surface area (Å²) in [4.78, 5) is 0.786. The maximum Gasteiger partial charge on any atom is 0.244 e. The van der Waals surface area contributed by atoms with Crippen molar-refractivity contribution in [3.05, 3.63) is 16.3 Å². The molecule has 17 heavy (non-hydrogen) atoms. The third-order valence-electron chi connectivity index (χ3n) is 3.34. The van der Waals surface area contributed by atoms with E-state index in [2.05, 4.69) is 0 Å². The van der Waals surface area contributed by atoms with Crippen molar-refractivity contribution in [3.63, 3.8) is 0 Å². The third kappa shape index (κ3) is 2.40. The average molecular weight is 275 g/mol. The van der Waals surface area contributed by atoms with Gasteiger partial charge in [-0.15, -0.1) is 11.3 Å². The van der Waals surface area contributed by atoms with Crippen molar-refractivity contribution in [2.24, 2.45) is 0 Å². The van der Waals surface area contributed by atoms with Crippen LogP contribution >= 0.6 is 11.3 Å². The van der Waals surface area contributed by atoms with Crippen LogP contribution in [0.1, 0.15) is 30.6 Å². The van der Waals surface area contributed by atoms with E-state index in [4.69, 9.17) is 5.11 Å². The summed E-state index contributed by atoms with van der Waals surface area (Å²) >= 11 is 1.28. The number of rotatable bonds is 4. The lowest BCUT2D eigenvalue weighted by molar-refractivity contribution is 0.282. The van der Waals surface area contributed by atoms with Gasteiger partial charge in [0.2, 0.25) is 10.0 Å². The average Bonchev–Trinajstić information content (AvgIpc) is 2.98. The van der Waals surface area contributed by atoms with E-state index in [1.807, 2.05) is 0 Å². The summed E-state index contributed by atoms with van der Waals surface area (Å²) in [6.07, 6.45) is 4.07. The predicted molar refractivity (Wildman–Crippen MR) is 67.4 cm³/mol. The van der Waals surface area contributed by atoms with Gasteiger partial charge in [-0.3, -0.25) is 0 Å². The molecule has 0 amide bonds. The number of thiophene rings is 1. The zero-order valence-corrected chi connectivity index (χ0v) is 11.4. The van der Waals surface area contributed by atoms with Gasteiger partial charge >= 0.3 is 0 Å². The molecule has 0 atom stereocenters. The van der Waals surface area contributed by atoms with Crippen LogP contribution in [0.2, 0.25) is 0 Å². The van der Waals surface area contributed by atoms with Gasteiger partial charge in [-0.25, -0.2) is 8.42 Å². The highest BCUT2D eigenvalue weighted by atomic mass is 32.2. The van der Waals surface area contributed by atoms with Gasteiger partial charge in [0.05, 0.1) is 11.5 Å². The van der Waals surface area contributed by atoms with Crippen LogP contribution in [0.15, 0.2) is 16.3 Å². The molecule has 1 N–H and O–H groups in total. The first-order chi connectivity index (χ1) is 8.07. The Hall–Kier alpha value is -0.430. The molecule has 96 valence electrons. The van der Waals surface area contributed by atoms with Crippen LogP contribution in [0, 0.1) is 0 Å². The van der Waals surface area contributed by atoms with Gasteiger partial charge in [0.15, 0.2) is 0 Å². The van der Waals surface area contributed by atoms with Crippen molar-refractivity contribution in [3.8, 4) is 0 Å². The molecule has 1 heterocycles. The Morgan fingerprint density at radius 3 is 2.71 bits per heavy atom. The summed E-state index contributed by atoms with van der Waals surface area (Å²) in [5.41, 5.74) is 0. The molecular formula is C11H17NO3S2. The molecular weight excluding hydrogens is 258 g/mol. The van der Waals surface area contributed by atoms with Crippen molar-refractivity contribution < 1.29 is 13.5 Å². The van der Waals surface area contributed by atoms with E-state index < -0.39 is 10.0 Å². The molecule has 0 bridgehead atoms. The number of nitrogens with zero attached hydrogens (tertiary/aromatic N) is 1. The maximum atomic E-state index is 12.4. The number of aliphatic hydroxyl groups excluding tert-OH is 1. The standard InChI is InChI=1S/C11H17NO3S2/c1-12(9-4-2-3-5-9)17(14,15)11-6-7-16-10(11)8-13/h6-7,9,13H,2-5,8H2,1H3. The lowest BCUT2D eigenvalue weighted by atomic mass is 10.3. The number of sulfonamides is 1. The van der Waals surface area contributed by atoms with E-state index in [-0.39, 0.29) is 17.5 Å². The summed E-state index contributed by atoms with van der Waals surface area (Å²) < 4.78 is 26.2. The van der Waals surface area contributed by atoms with Crippen LogP contribution in [0.3, 0.4) is 0 Å². The summed E-state index contributed by atoms with van der Waals surface area (Å²) in [5.74, 6) is 0. The summed E-state index contributed by atoms with van der Waals surface area (Å²) in [7, 11) is -1.80. The molecule has 0 aliphatic heterocycles. The zero-order valence-electron chi connectivity index (χ0n) is 9.80. The highest BCUT2D eigenvalue weighted by Crippen LogP contribution is 2.30. The monoisotopic (exact) mass is 275 g/mol. The van der Waals surface area contributed by atoms with E-state index in [1.54, 1.807) is 18.5 Å². The summed E-state index contributed by atoms with van der Waals surface area (Å²) in [6.45, 7) is -0.218. The number of hydrogen-bond donors (Lipinski definition) is 1. The molecule has 1 aromatic heterocycles. The fourth-order valence-electron chi connectivity index (χ4n) is 2.29. The quantitative estimate of drug-likeness (QED) is 0.911. The maximum absolute atomic E-state index is 12.4. The highest BCUT2D eigenvalue weighted by Gasteiger charge is 2.31. The van der Waals surface area contributed by atoms with Gasteiger partial charge < -0.3 is 5.11 Å². The van der Waals surface area contributed by atoms with Gasteiger partial charge in [0.25, 0.3) is 0 Å². The minimum atomic E-state index is -3.44. The number of aliphatic hydroxyl groups is 1. The molecule has 6 heteroatoms. The van der Waals surface area contributed by atoms with Crippen LogP contribution in [-0.2, 0) is 16.6 Å². The van der Waals surface area contributed by atoms with Crippen LogP contribution in [-0.4, -0.2) is 30.9 Å². The van der Waals surface area contributed by atoms with Crippen molar-refractivity contribution in [1.82, 2.24) is 4.31 Å². The van der Waals surface area contributed by atoms with Crippen LogP contribution < -0.4 is 0 Å². The van der Waals surface area contributed by atoms with E-state index in [0.29, 0.717) is 4.88 Å². The highest BCUT2D eigenvalue weighted by molar-refractivity contribution is 7.89. The Bertz CT molecular complexity index is 475. The minimum Gasteiger partial charge on any atom is -0.391 e.